The number of benzene rings is 2. The Bertz CT molecular complexity index is 1630. The van der Waals surface area contributed by atoms with E-state index in [1.807, 2.05) is 19.9 Å². The summed E-state index contributed by atoms with van der Waals surface area (Å²) in [6.07, 6.45) is 3.00. The minimum Gasteiger partial charge on any atom is -0.481 e. The molecule has 0 bridgehead atoms. The lowest BCUT2D eigenvalue weighted by atomic mass is 9.86. The topological polar surface area (TPSA) is 134 Å². The van der Waals surface area contributed by atoms with Gasteiger partial charge in [-0.2, -0.15) is 4.80 Å². The highest BCUT2D eigenvalue weighted by Crippen LogP contribution is 2.42. The van der Waals surface area contributed by atoms with Crippen LogP contribution in [0.25, 0.3) is 39.8 Å². The molecule has 0 radical (unpaired) electrons. The summed E-state index contributed by atoms with van der Waals surface area (Å²) in [6, 6.07) is 12.5. The molecule has 3 N–H and O–H groups in total. The number of carboxylic acids is 1. The van der Waals surface area contributed by atoms with Crippen LogP contribution < -0.4 is 0 Å². The number of fused-ring (bicyclic) bond motifs is 3. The van der Waals surface area contributed by atoms with Crippen LogP contribution >= 0.6 is 0 Å². The van der Waals surface area contributed by atoms with Gasteiger partial charge in [0, 0.05) is 23.1 Å². The summed E-state index contributed by atoms with van der Waals surface area (Å²) in [7, 11) is 1.73. The third kappa shape index (κ3) is 6.29. The lowest BCUT2D eigenvalue weighted by Gasteiger charge is -2.22. The highest BCUT2D eigenvalue weighted by atomic mass is 19.1. The zero-order valence-corrected chi connectivity index (χ0v) is 23.8. The Hall–Kier alpha value is -4.28. The molecule has 42 heavy (non-hydrogen) atoms. The average molecular weight is 572 g/mol. The number of aromatic nitrogens is 5. The van der Waals surface area contributed by atoms with Crippen LogP contribution in [-0.4, -0.2) is 58.7 Å². The van der Waals surface area contributed by atoms with Gasteiger partial charge in [-0.3, -0.25) is 9.78 Å². The number of halogens is 1. The van der Waals surface area contributed by atoms with Gasteiger partial charge in [-0.1, -0.05) is 50.3 Å². The second kappa shape index (κ2) is 12.3. The summed E-state index contributed by atoms with van der Waals surface area (Å²) >= 11 is 0. The molecular formula is C32H34FN5O4. The van der Waals surface area contributed by atoms with Crippen molar-refractivity contribution in [2.45, 2.75) is 64.1 Å². The number of aryl methyl sites for hydroxylation is 2. The normalized spacial score (nSPS) is 14.5. The molecule has 0 saturated carbocycles. The second-order valence-electron chi connectivity index (χ2n) is 11.0. The quantitative estimate of drug-likeness (QED) is 0.257. The van der Waals surface area contributed by atoms with Crippen molar-refractivity contribution in [2.24, 2.45) is 7.05 Å². The molecule has 1 aliphatic carbocycles. The molecular weight excluding hydrogens is 537 g/mol. The van der Waals surface area contributed by atoms with Crippen molar-refractivity contribution >= 4 is 12.0 Å². The van der Waals surface area contributed by atoms with E-state index < -0.39 is 24.6 Å². The number of carboxylic acid groups (broad SMARTS) is 1. The molecule has 0 spiro atoms. The van der Waals surface area contributed by atoms with Gasteiger partial charge in [-0.15, -0.1) is 10.2 Å². The van der Waals surface area contributed by atoms with Gasteiger partial charge in [0.2, 0.25) is 5.82 Å². The van der Waals surface area contributed by atoms with E-state index in [0.717, 1.165) is 69.6 Å². The number of aliphatic carboxylic acids is 1. The number of rotatable bonds is 9. The van der Waals surface area contributed by atoms with Crippen molar-refractivity contribution < 1.29 is 24.5 Å². The van der Waals surface area contributed by atoms with Gasteiger partial charge in [0.05, 0.1) is 37.1 Å². The van der Waals surface area contributed by atoms with Crippen LogP contribution in [0.5, 0.6) is 0 Å². The Morgan fingerprint density at radius 3 is 2.50 bits per heavy atom. The fraction of sp³-hybridized carbons (Fsp3) is 0.344. The maximum atomic E-state index is 14.0. The highest BCUT2D eigenvalue weighted by molar-refractivity contribution is 5.86. The third-order valence-corrected chi connectivity index (χ3v) is 7.45. The van der Waals surface area contributed by atoms with Crippen molar-refractivity contribution in [1.29, 1.82) is 0 Å². The Morgan fingerprint density at radius 2 is 1.83 bits per heavy atom. The molecule has 218 valence electrons. The summed E-state index contributed by atoms with van der Waals surface area (Å²) in [4.78, 5) is 17.6. The lowest BCUT2D eigenvalue weighted by molar-refractivity contribution is -0.139. The van der Waals surface area contributed by atoms with Gasteiger partial charge in [-0.05, 0) is 70.8 Å². The minimum atomic E-state index is -1.17. The number of carbonyl (C=O) groups is 1. The van der Waals surface area contributed by atoms with Crippen molar-refractivity contribution in [3.8, 4) is 33.8 Å². The van der Waals surface area contributed by atoms with E-state index in [4.69, 9.17) is 10.1 Å². The Morgan fingerprint density at radius 1 is 1.10 bits per heavy atom. The summed E-state index contributed by atoms with van der Waals surface area (Å²) < 4.78 is 14.0. The highest BCUT2D eigenvalue weighted by Gasteiger charge is 2.26. The summed E-state index contributed by atoms with van der Waals surface area (Å²) in [5, 5.41) is 42.1. The van der Waals surface area contributed by atoms with Crippen LogP contribution in [0.3, 0.4) is 0 Å². The molecule has 2 aromatic heterocycles. The number of aliphatic hydroxyl groups excluding tert-OH is 2. The van der Waals surface area contributed by atoms with E-state index in [1.165, 1.54) is 16.9 Å². The van der Waals surface area contributed by atoms with Crippen LogP contribution in [-0.2, 0) is 24.7 Å². The number of hydrogen-bond donors (Lipinski definition) is 3. The largest absolute Gasteiger partial charge is 0.481 e. The van der Waals surface area contributed by atoms with Gasteiger partial charge in [-0.25, -0.2) is 4.39 Å². The molecule has 5 rings (SSSR count). The first-order valence-corrected chi connectivity index (χ1v) is 14.1. The molecule has 0 amide bonds. The molecule has 2 aromatic carbocycles. The number of tetrazole rings is 1. The monoisotopic (exact) mass is 571 g/mol. The molecule has 2 heterocycles. The van der Waals surface area contributed by atoms with Gasteiger partial charge in [0.25, 0.3) is 0 Å². The first kappa shape index (κ1) is 29.2. The molecule has 0 fully saturated rings. The van der Waals surface area contributed by atoms with E-state index in [9.17, 15) is 19.4 Å². The first-order valence-electron chi connectivity index (χ1n) is 14.1. The van der Waals surface area contributed by atoms with Gasteiger partial charge in [0.15, 0.2) is 0 Å². The van der Waals surface area contributed by atoms with Crippen LogP contribution in [0.4, 0.5) is 4.39 Å². The maximum absolute atomic E-state index is 14.0. The SMILES string of the molecule is CC(C)c1nc2c(c(-c3ccc(F)cc3)c1C=C[C@@H](O)C[C@@H](O)CC(=O)O)CCCc1cc(-c3nnn(C)n3)ccc1-2. The summed E-state index contributed by atoms with van der Waals surface area (Å²) in [5.41, 5.74) is 8.33. The first-order chi connectivity index (χ1) is 20.1. The van der Waals surface area contributed by atoms with Gasteiger partial charge < -0.3 is 15.3 Å². The van der Waals surface area contributed by atoms with Crippen molar-refractivity contribution in [3.63, 3.8) is 0 Å². The van der Waals surface area contributed by atoms with E-state index in [-0.39, 0.29) is 18.2 Å². The lowest BCUT2D eigenvalue weighted by Crippen LogP contribution is -2.19. The number of hydrogen-bond acceptors (Lipinski definition) is 7. The molecule has 0 unspecified atom stereocenters. The molecule has 4 aromatic rings. The maximum Gasteiger partial charge on any atom is 0.305 e. The van der Waals surface area contributed by atoms with E-state index >= 15 is 0 Å². The summed E-state index contributed by atoms with van der Waals surface area (Å²) in [6.45, 7) is 4.10. The number of pyridine rings is 1. The molecule has 9 nitrogen and oxygen atoms in total. The Labute approximate surface area is 243 Å². The predicted molar refractivity (Wildman–Crippen MR) is 157 cm³/mol. The standard InChI is InChI=1S/C32H34FN5O4/c1-18(2)30-27(14-12-23(39)16-24(40)17-28(41)42)29(19-7-10-22(33)11-8-19)26-6-4-5-20-15-21(32-35-37-38(3)36-32)9-13-25(20)31(26)34-30/h7-15,18,23-24,39-40H,4-6,16-17H2,1-3H3,(H,41,42)/t23-,24-/m1/s1. The second-order valence-corrected chi connectivity index (χ2v) is 11.0. The molecule has 1 aliphatic rings. The van der Waals surface area contributed by atoms with Crippen LogP contribution in [0.2, 0.25) is 0 Å². The summed E-state index contributed by atoms with van der Waals surface area (Å²) in [5.74, 6) is -0.896. The molecule has 2 atom stereocenters. The third-order valence-electron chi connectivity index (χ3n) is 7.45. The van der Waals surface area contributed by atoms with Gasteiger partial charge in [0.1, 0.15) is 5.82 Å². The molecule has 10 heteroatoms. The minimum absolute atomic E-state index is 0.0126. The Balaban J connectivity index is 1.67. The molecule has 0 aliphatic heterocycles. The van der Waals surface area contributed by atoms with E-state index in [1.54, 1.807) is 31.3 Å². The Kier molecular flexibility index (Phi) is 8.56. The van der Waals surface area contributed by atoms with Crippen LogP contribution in [0.1, 0.15) is 61.4 Å². The zero-order valence-electron chi connectivity index (χ0n) is 23.8. The van der Waals surface area contributed by atoms with Crippen molar-refractivity contribution in [2.75, 3.05) is 0 Å². The van der Waals surface area contributed by atoms with Crippen LogP contribution in [0, 0.1) is 5.82 Å². The van der Waals surface area contributed by atoms with Gasteiger partial charge >= 0.3 is 5.97 Å². The van der Waals surface area contributed by atoms with E-state index in [2.05, 4.69) is 27.5 Å². The zero-order chi connectivity index (χ0) is 30.0. The van der Waals surface area contributed by atoms with E-state index in [0.29, 0.717) is 5.82 Å². The predicted octanol–water partition coefficient (Wildman–Crippen LogP) is 4.96. The smallest absolute Gasteiger partial charge is 0.305 e. The average Bonchev–Trinajstić information content (AvgIpc) is 3.29. The fourth-order valence-electron chi connectivity index (χ4n) is 5.55. The number of aliphatic hydroxyl groups is 2. The van der Waals surface area contributed by atoms with Crippen molar-refractivity contribution in [1.82, 2.24) is 25.2 Å². The van der Waals surface area contributed by atoms with Crippen LogP contribution in [0.15, 0.2) is 48.5 Å². The fourth-order valence-corrected chi connectivity index (χ4v) is 5.55. The van der Waals surface area contributed by atoms with Crippen molar-refractivity contribution in [3.05, 3.63) is 76.7 Å². The number of nitrogens with zero attached hydrogens (tertiary/aromatic N) is 5. The molecule has 0 saturated heterocycles.